The van der Waals surface area contributed by atoms with Gasteiger partial charge >= 0.3 is 6.39 Å². The second-order valence-electron chi connectivity index (χ2n) is 2.21. The molecule has 0 saturated carbocycles. The fraction of sp³-hybridized carbons (Fsp3) is 0. The molecule has 0 aliphatic heterocycles. The fourth-order valence-electron chi connectivity index (χ4n) is 0.888. The van der Waals surface area contributed by atoms with E-state index in [0.717, 1.165) is 10.0 Å². The monoisotopic (exact) mass is 223 g/mol. The standard InChI is InChI=1S/C8H4BrN2O/c9-7-3-1-2-6(4-7)8-11-10-5-12-8/h1-4H. The topological polar surface area (TPSA) is 38.9 Å². The van der Waals surface area contributed by atoms with Crippen LogP contribution in [0.15, 0.2) is 33.2 Å². The molecule has 0 unspecified atom stereocenters. The first-order valence-corrected chi connectivity index (χ1v) is 4.11. The Balaban J connectivity index is 2.48. The van der Waals surface area contributed by atoms with Crippen LogP contribution in [0.25, 0.3) is 11.5 Å². The van der Waals surface area contributed by atoms with Crippen LogP contribution in [-0.4, -0.2) is 10.2 Å². The van der Waals surface area contributed by atoms with Crippen molar-refractivity contribution in [3.63, 3.8) is 0 Å². The van der Waals surface area contributed by atoms with Crippen molar-refractivity contribution >= 4 is 15.9 Å². The van der Waals surface area contributed by atoms with Crippen molar-refractivity contribution in [1.29, 1.82) is 0 Å². The zero-order valence-corrected chi connectivity index (χ0v) is 7.58. The lowest BCUT2D eigenvalue weighted by atomic mass is 10.2. The summed E-state index contributed by atoms with van der Waals surface area (Å²) in [6.07, 6.45) is 2.30. The van der Waals surface area contributed by atoms with Gasteiger partial charge < -0.3 is 4.42 Å². The van der Waals surface area contributed by atoms with Gasteiger partial charge in [0.05, 0.1) is 0 Å². The average Bonchev–Trinajstić information content (AvgIpc) is 2.56. The highest BCUT2D eigenvalue weighted by Crippen LogP contribution is 2.19. The molecule has 0 spiro atoms. The van der Waals surface area contributed by atoms with Crippen molar-refractivity contribution in [2.45, 2.75) is 0 Å². The van der Waals surface area contributed by atoms with Crippen LogP contribution in [0.5, 0.6) is 0 Å². The van der Waals surface area contributed by atoms with Gasteiger partial charge in [0, 0.05) is 10.0 Å². The van der Waals surface area contributed by atoms with Crippen LogP contribution in [0.1, 0.15) is 0 Å². The average molecular weight is 224 g/mol. The highest BCUT2D eigenvalue weighted by Gasteiger charge is 2.02. The van der Waals surface area contributed by atoms with E-state index in [2.05, 4.69) is 32.5 Å². The third-order valence-electron chi connectivity index (χ3n) is 1.40. The minimum absolute atomic E-state index is 0.483. The lowest BCUT2D eigenvalue weighted by Crippen LogP contribution is -1.76. The SMILES string of the molecule is Brc1cccc(-c2nn[c]o2)c1. The Morgan fingerprint density at radius 2 is 2.33 bits per heavy atom. The molecule has 0 bridgehead atoms. The smallest absolute Gasteiger partial charge is 0.306 e. The summed E-state index contributed by atoms with van der Waals surface area (Å²) < 4.78 is 5.89. The molecular formula is C8H4BrN2O. The Morgan fingerprint density at radius 1 is 1.42 bits per heavy atom. The molecule has 0 atom stereocenters. The van der Waals surface area contributed by atoms with E-state index < -0.39 is 0 Å². The Labute approximate surface area is 77.6 Å². The van der Waals surface area contributed by atoms with Crippen molar-refractivity contribution < 1.29 is 4.42 Å². The summed E-state index contributed by atoms with van der Waals surface area (Å²) >= 11 is 3.35. The molecule has 2 aromatic rings. The van der Waals surface area contributed by atoms with Crippen LogP contribution < -0.4 is 0 Å². The Bertz CT molecular complexity index is 372. The quantitative estimate of drug-likeness (QED) is 0.745. The summed E-state index contributed by atoms with van der Waals surface area (Å²) in [5.41, 5.74) is 0.887. The Morgan fingerprint density at radius 3 is 3.00 bits per heavy atom. The second-order valence-corrected chi connectivity index (χ2v) is 3.12. The lowest BCUT2D eigenvalue weighted by molar-refractivity contribution is 0.559. The van der Waals surface area contributed by atoms with E-state index in [9.17, 15) is 0 Å². The molecule has 0 fully saturated rings. The van der Waals surface area contributed by atoms with E-state index >= 15 is 0 Å². The first-order valence-electron chi connectivity index (χ1n) is 3.32. The summed E-state index contributed by atoms with van der Waals surface area (Å²) in [6.45, 7) is 0. The molecule has 1 aromatic heterocycles. The molecule has 0 aliphatic carbocycles. The third kappa shape index (κ3) is 1.38. The number of nitrogens with zero attached hydrogens (tertiary/aromatic N) is 2. The highest BCUT2D eigenvalue weighted by molar-refractivity contribution is 9.10. The van der Waals surface area contributed by atoms with Crippen molar-refractivity contribution in [1.82, 2.24) is 10.2 Å². The van der Waals surface area contributed by atoms with Gasteiger partial charge in [-0.3, -0.25) is 0 Å². The summed E-state index contributed by atoms with van der Waals surface area (Å²) in [7, 11) is 0. The maximum absolute atomic E-state index is 4.91. The van der Waals surface area contributed by atoms with Crippen LogP contribution in [0.2, 0.25) is 0 Å². The zero-order chi connectivity index (χ0) is 8.39. The van der Waals surface area contributed by atoms with E-state index in [1.807, 2.05) is 24.3 Å². The van der Waals surface area contributed by atoms with Crippen molar-refractivity contribution in [3.05, 3.63) is 35.1 Å². The number of benzene rings is 1. The van der Waals surface area contributed by atoms with Gasteiger partial charge in [-0.05, 0) is 18.2 Å². The predicted octanol–water partition coefficient (Wildman–Crippen LogP) is 2.30. The molecule has 12 heavy (non-hydrogen) atoms. The van der Waals surface area contributed by atoms with Gasteiger partial charge in [-0.25, -0.2) is 0 Å². The van der Waals surface area contributed by atoms with Crippen LogP contribution in [0.3, 0.4) is 0 Å². The Hall–Kier alpha value is -1.16. The van der Waals surface area contributed by atoms with Crippen molar-refractivity contribution in [2.24, 2.45) is 0 Å². The van der Waals surface area contributed by atoms with E-state index in [-0.39, 0.29) is 0 Å². The fourth-order valence-corrected chi connectivity index (χ4v) is 1.29. The number of aromatic nitrogens is 2. The number of hydrogen-bond acceptors (Lipinski definition) is 3. The van der Waals surface area contributed by atoms with Crippen LogP contribution >= 0.6 is 15.9 Å². The molecule has 3 nitrogen and oxygen atoms in total. The van der Waals surface area contributed by atoms with Crippen molar-refractivity contribution in [2.75, 3.05) is 0 Å². The molecule has 2 rings (SSSR count). The number of halogens is 1. The van der Waals surface area contributed by atoms with Gasteiger partial charge in [-0.2, -0.15) is 0 Å². The molecule has 59 valence electrons. The summed E-state index contributed by atoms with van der Waals surface area (Å²) in [5.74, 6) is 0.483. The molecule has 1 aromatic carbocycles. The van der Waals surface area contributed by atoms with Gasteiger partial charge in [0.25, 0.3) is 0 Å². The maximum atomic E-state index is 4.91. The minimum Gasteiger partial charge on any atom is -0.412 e. The molecule has 1 heterocycles. The first kappa shape index (κ1) is 7.49. The predicted molar refractivity (Wildman–Crippen MR) is 46.3 cm³/mol. The number of rotatable bonds is 1. The molecule has 4 heteroatoms. The lowest BCUT2D eigenvalue weighted by Gasteiger charge is -1.93. The normalized spacial score (nSPS) is 10.1. The molecule has 0 saturated heterocycles. The highest BCUT2D eigenvalue weighted by atomic mass is 79.9. The number of hydrogen-bond donors (Lipinski definition) is 0. The molecule has 1 radical (unpaired) electrons. The molecular weight excluding hydrogens is 220 g/mol. The van der Waals surface area contributed by atoms with Crippen LogP contribution in [0, 0.1) is 6.39 Å². The minimum atomic E-state index is 0.483. The largest absolute Gasteiger partial charge is 0.412 e. The van der Waals surface area contributed by atoms with E-state index in [1.165, 1.54) is 0 Å². The van der Waals surface area contributed by atoms with Gasteiger partial charge in [0.2, 0.25) is 5.89 Å². The van der Waals surface area contributed by atoms with Crippen LogP contribution in [-0.2, 0) is 0 Å². The summed E-state index contributed by atoms with van der Waals surface area (Å²) in [6, 6.07) is 7.64. The molecule has 0 aliphatic rings. The third-order valence-corrected chi connectivity index (χ3v) is 1.89. The van der Waals surface area contributed by atoms with Gasteiger partial charge in [-0.15, -0.1) is 10.2 Å². The van der Waals surface area contributed by atoms with Gasteiger partial charge in [0.15, 0.2) is 0 Å². The first-order chi connectivity index (χ1) is 5.86. The second kappa shape index (κ2) is 3.06. The zero-order valence-electron chi connectivity index (χ0n) is 5.99. The van der Waals surface area contributed by atoms with Crippen LogP contribution in [0.4, 0.5) is 0 Å². The van der Waals surface area contributed by atoms with E-state index in [4.69, 9.17) is 4.42 Å². The molecule has 0 amide bonds. The Kier molecular flexibility index (Phi) is 1.91. The maximum Gasteiger partial charge on any atom is 0.306 e. The van der Waals surface area contributed by atoms with Crippen molar-refractivity contribution in [3.8, 4) is 11.5 Å². The molecule has 0 N–H and O–H groups in total. The van der Waals surface area contributed by atoms with Gasteiger partial charge in [-0.1, -0.05) is 22.0 Å². The summed E-state index contributed by atoms with van der Waals surface area (Å²) in [4.78, 5) is 0. The van der Waals surface area contributed by atoms with E-state index in [1.54, 1.807) is 0 Å². The van der Waals surface area contributed by atoms with Gasteiger partial charge in [0.1, 0.15) is 0 Å². The summed E-state index contributed by atoms with van der Waals surface area (Å²) in [5, 5.41) is 7.21. The van der Waals surface area contributed by atoms with E-state index in [0.29, 0.717) is 5.89 Å².